The van der Waals surface area contributed by atoms with Crippen molar-refractivity contribution in [3.05, 3.63) is 11.9 Å². The van der Waals surface area contributed by atoms with Gasteiger partial charge in [-0.05, 0) is 39.3 Å². The van der Waals surface area contributed by atoms with Crippen molar-refractivity contribution in [3.8, 4) is 0 Å². The summed E-state index contributed by atoms with van der Waals surface area (Å²) in [7, 11) is 4.27. The first-order valence-corrected chi connectivity index (χ1v) is 8.42. The second kappa shape index (κ2) is 6.40. The summed E-state index contributed by atoms with van der Waals surface area (Å²) in [6.07, 6.45) is 5.55. The number of carboxylic acid groups (broad SMARTS) is 1. The van der Waals surface area contributed by atoms with Gasteiger partial charge in [-0.1, -0.05) is 25.6 Å². The van der Waals surface area contributed by atoms with Crippen LogP contribution in [0.4, 0.5) is 0 Å². The third kappa shape index (κ3) is 3.43. The first-order chi connectivity index (χ1) is 9.85. The molecule has 21 heavy (non-hydrogen) atoms. The molecule has 0 unspecified atom stereocenters. The molecular weight excluding hydrogens is 286 g/mol. The highest BCUT2D eigenvalue weighted by atomic mass is 32.2. The lowest BCUT2D eigenvalue weighted by molar-refractivity contribution is -0.133. The number of thioether (sulfide) groups is 1. The van der Waals surface area contributed by atoms with Crippen LogP contribution >= 0.6 is 11.8 Å². The van der Waals surface area contributed by atoms with Gasteiger partial charge in [0.15, 0.2) is 5.16 Å². The Morgan fingerprint density at radius 1 is 1.52 bits per heavy atom. The number of aromatic nitrogens is 2. The van der Waals surface area contributed by atoms with Crippen molar-refractivity contribution in [3.63, 3.8) is 0 Å². The Balaban J connectivity index is 2.26. The lowest BCUT2D eigenvalue weighted by atomic mass is 9.75. The van der Waals surface area contributed by atoms with Gasteiger partial charge in [-0.25, -0.2) is 4.98 Å². The average molecular weight is 311 g/mol. The van der Waals surface area contributed by atoms with Crippen LogP contribution in [0.3, 0.4) is 0 Å². The van der Waals surface area contributed by atoms with Crippen molar-refractivity contribution < 1.29 is 9.90 Å². The van der Waals surface area contributed by atoms with Crippen LogP contribution in [0, 0.1) is 0 Å². The summed E-state index contributed by atoms with van der Waals surface area (Å²) in [6.45, 7) is 5.21. The van der Waals surface area contributed by atoms with E-state index in [2.05, 4.69) is 42.4 Å². The van der Waals surface area contributed by atoms with Gasteiger partial charge < -0.3 is 14.6 Å². The predicted octanol–water partition coefficient (Wildman–Crippen LogP) is 2.67. The molecule has 1 aliphatic rings. The molecule has 1 saturated carbocycles. The Hall–Kier alpha value is -1.01. The number of likely N-dealkylation sites (N-methyl/N-ethyl adjacent to an activating group) is 1. The second-order valence-electron chi connectivity index (χ2n) is 6.36. The van der Waals surface area contributed by atoms with Crippen LogP contribution in [-0.2, 0) is 11.3 Å². The second-order valence-corrected chi connectivity index (χ2v) is 7.30. The Morgan fingerprint density at radius 3 is 2.62 bits per heavy atom. The van der Waals surface area contributed by atoms with Crippen molar-refractivity contribution >= 4 is 17.7 Å². The number of nitrogens with zero attached hydrogens (tertiary/aromatic N) is 3. The molecule has 1 N–H and O–H groups in total. The molecule has 1 fully saturated rings. The number of carboxylic acids is 1. The smallest absolute Gasteiger partial charge is 0.313 e. The van der Waals surface area contributed by atoms with Gasteiger partial charge in [0.25, 0.3) is 0 Å². The van der Waals surface area contributed by atoms with Crippen molar-refractivity contribution in [1.82, 2.24) is 14.5 Å². The van der Waals surface area contributed by atoms with Gasteiger partial charge in [-0.3, -0.25) is 4.79 Å². The highest BCUT2D eigenvalue weighted by Crippen LogP contribution is 2.39. The van der Waals surface area contributed by atoms with Gasteiger partial charge in [-0.2, -0.15) is 0 Å². The Bertz CT molecular complexity index is 507. The number of hydrogen-bond donors (Lipinski definition) is 1. The molecule has 1 aromatic rings. The van der Waals surface area contributed by atoms with Crippen LogP contribution in [0.2, 0.25) is 0 Å². The molecule has 0 amide bonds. The van der Waals surface area contributed by atoms with Crippen LogP contribution in [0.1, 0.15) is 44.7 Å². The molecule has 0 bridgehead atoms. The molecular formula is C15H25N3O2S. The number of hydrogen-bond acceptors (Lipinski definition) is 4. The standard InChI is InChI=1S/C15H25N3O2S/c1-11(2)12-8-16-14(21-9-13(19)20)18(12)10-15(17(3)4)6-5-7-15/h8,11H,5-7,9-10H2,1-4H3,(H,19,20). The summed E-state index contributed by atoms with van der Waals surface area (Å²) in [6, 6.07) is 0. The summed E-state index contributed by atoms with van der Waals surface area (Å²) in [4.78, 5) is 17.6. The van der Waals surface area contributed by atoms with Crippen molar-refractivity contribution in [2.75, 3.05) is 19.8 Å². The van der Waals surface area contributed by atoms with Crippen LogP contribution in [0.25, 0.3) is 0 Å². The van der Waals surface area contributed by atoms with Gasteiger partial charge in [0.2, 0.25) is 0 Å². The minimum Gasteiger partial charge on any atom is -0.481 e. The van der Waals surface area contributed by atoms with Crippen molar-refractivity contribution in [1.29, 1.82) is 0 Å². The van der Waals surface area contributed by atoms with E-state index in [1.807, 2.05) is 6.20 Å². The maximum atomic E-state index is 10.8. The van der Waals surface area contributed by atoms with E-state index in [4.69, 9.17) is 5.11 Å². The molecule has 1 aromatic heterocycles. The minimum atomic E-state index is -0.799. The van der Waals surface area contributed by atoms with E-state index in [0.717, 1.165) is 11.7 Å². The summed E-state index contributed by atoms with van der Waals surface area (Å²) >= 11 is 1.31. The molecule has 0 radical (unpaired) electrons. The third-order valence-corrected chi connectivity index (χ3v) is 5.43. The molecule has 1 heterocycles. The number of aliphatic carboxylic acids is 1. The fourth-order valence-corrected chi connectivity index (χ4v) is 3.56. The normalized spacial score (nSPS) is 17.2. The molecule has 118 valence electrons. The van der Waals surface area contributed by atoms with Crippen LogP contribution < -0.4 is 0 Å². The number of rotatable bonds is 7. The Kier molecular flexibility index (Phi) is 4.99. The molecule has 6 heteroatoms. The molecule has 1 aliphatic carbocycles. The van der Waals surface area contributed by atoms with Gasteiger partial charge in [-0.15, -0.1) is 0 Å². The lowest BCUT2D eigenvalue weighted by Gasteiger charge is -2.48. The maximum Gasteiger partial charge on any atom is 0.313 e. The first kappa shape index (κ1) is 16.4. The minimum absolute atomic E-state index is 0.0590. The number of imidazole rings is 1. The Morgan fingerprint density at radius 2 is 2.19 bits per heavy atom. The monoisotopic (exact) mass is 311 g/mol. The average Bonchev–Trinajstić information content (AvgIpc) is 2.73. The molecule has 0 spiro atoms. The molecule has 0 saturated heterocycles. The van der Waals surface area contributed by atoms with Gasteiger partial charge in [0, 0.05) is 24.0 Å². The predicted molar refractivity (Wildman–Crippen MR) is 84.9 cm³/mol. The van der Waals surface area contributed by atoms with Gasteiger partial charge >= 0.3 is 5.97 Å². The zero-order valence-electron chi connectivity index (χ0n) is 13.3. The largest absolute Gasteiger partial charge is 0.481 e. The van der Waals surface area contributed by atoms with E-state index < -0.39 is 5.97 Å². The quantitative estimate of drug-likeness (QED) is 0.785. The van der Waals surface area contributed by atoms with Crippen LogP contribution in [0.5, 0.6) is 0 Å². The summed E-state index contributed by atoms with van der Waals surface area (Å²) < 4.78 is 2.23. The molecule has 0 atom stereocenters. The van der Waals surface area contributed by atoms with Gasteiger partial charge in [0.1, 0.15) is 0 Å². The van der Waals surface area contributed by atoms with E-state index in [0.29, 0.717) is 5.92 Å². The topological polar surface area (TPSA) is 58.4 Å². The lowest BCUT2D eigenvalue weighted by Crippen LogP contribution is -2.53. The number of carbonyl (C=O) groups is 1. The van der Waals surface area contributed by atoms with Crippen LogP contribution in [-0.4, -0.2) is 50.9 Å². The maximum absolute atomic E-state index is 10.8. The van der Waals surface area contributed by atoms with E-state index >= 15 is 0 Å². The molecule has 2 rings (SSSR count). The zero-order valence-corrected chi connectivity index (χ0v) is 14.1. The summed E-state index contributed by atoms with van der Waals surface area (Å²) in [5, 5.41) is 9.72. The molecule has 0 aliphatic heterocycles. The fourth-order valence-electron chi connectivity index (χ4n) is 2.86. The van der Waals surface area contributed by atoms with Crippen molar-refractivity contribution in [2.45, 2.75) is 56.3 Å². The zero-order chi connectivity index (χ0) is 15.6. The highest BCUT2D eigenvalue weighted by molar-refractivity contribution is 7.99. The Labute approximate surface area is 130 Å². The summed E-state index contributed by atoms with van der Waals surface area (Å²) in [5.41, 5.74) is 1.39. The van der Waals surface area contributed by atoms with E-state index in [-0.39, 0.29) is 11.3 Å². The van der Waals surface area contributed by atoms with E-state index in [9.17, 15) is 4.79 Å². The van der Waals surface area contributed by atoms with E-state index in [1.54, 1.807) is 0 Å². The highest BCUT2D eigenvalue weighted by Gasteiger charge is 2.40. The van der Waals surface area contributed by atoms with Crippen LogP contribution in [0.15, 0.2) is 11.4 Å². The molecule has 5 nitrogen and oxygen atoms in total. The SMILES string of the molecule is CC(C)c1cnc(SCC(=O)O)n1CC1(N(C)C)CCC1. The molecule has 0 aromatic carbocycles. The first-order valence-electron chi connectivity index (χ1n) is 7.43. The fraction of sp³-hybridized carbons (Fsp3) is 0.733. The van der Waals surface area contributed by atoms with Crippen molar-refractivity contribution in [2.24, 2.45) is 0 Å². The van der Waals surface area contributed by atoms with Gasteiger partial charge in [0.05, 0.1) is 5.75 Å². The third-order valence-electron chi connectivity index (χ3n) is 4.45. The van der Waals surface area contributed by atoms with E-state index in [1.165, 1.54) is 36.7 Å². The summed E-state index contributed by atoms with van der Waals surface area (Å²) in [5.74, 6) is -0.355.